The molecule has 0 unspecified atom stereocenters. The molecule has 188 valence electrons. The van der Waals surface area contributed by atoms with E-state index in [1.54, 1.807) is 17.1 Å². The Morgan fingerprint density at radius 1 is 1.19 bits per heavy atom. The monoisotopic (exact) mass is 494 g/mol. The highest BCUT2D eigenvalue weighted by molar-refractivity contribution is 5.77. The molecule has 4 heterocycles. The summed E-state index contributed by atoms with van der Waals surface area (Å²) in [6.07, 6.45) is 5.74. The van der Waals surface area contributed by atoms with Gasteiger partial charge in [0.1, 0.15) is 5.39 Å². The van der Waals surface area contributed by atoms with Crippen LogP contribution in [-0.4, -0.2) is 30.9 Å². The number of rotatable bonds is 5. The smallest absolute Gasteiger partial charge is 0.278 e. The first-order chi connectivity index (χ1) is 17.7. The lowest BCUT2D eigenvalue weighted by molar-refractivity contribution is 0.475. The molecule has 9 nitrogen and oxygen atoms in total. The molecule has 37 heavy (non-hydrogen) atoms. The van der Waals surface area contributed by atoms with Crippen molar-refractivity contribution in [2.24, 2.45) is 0 Å². The van der Waals surface area contributed by atoms with Gasteiger partial charge in [-0.25, -0.2) is 14.3 Å². The van der Waals surface area contributed by atoms with Gasteiger partial charge in [-0.15, -0.1) is 0 Å². The Morgan fingerprint density at radius 2 is 2.00 bits per heavy atom. The minimum atomic E-state index is -0.774. The van der Waals surface area contributed by atoms with E-state index in [4.69, 9.17) is 4.98 Å². The lowest BCUT2D eigenvalue weighted by Gasteiger charge is -2.26. The number of benzene rings is 1. The molecule has 0 atom stereocenters. The van der Waals surface area contributed by atoms with Crippen LogP contribution < -0.4 is 16.2 Å². The van der Waals surface area contributed by atoms with Crippen molar-refractivity contribution < 1.29 is 0 Å². The van der Waals surface area contributed by atoms with Crippen LogP contribution in [0.25, 0.3) is 16.7 Å². The molecular weight excluding hydrogens is 464 g/mol. The Labute approximate surface area is 215 Å². The Bertz CT molecular complexity index is 1630. The zero-order chi connectivity index (χ0) is 25.9. The Kier molecular flexibility index (Phi) is 5.21. The highest BCUT2D eigenvalue weighted by Gasteiger charge is 2.46. The van der Waals surface area contributed by atoms with Gasteiger partial charge in [0.2, 0.25) is 5.95 Å². The summed E-state index contributed by atoms with van der Waals surface area (Å²) in [6.45, 7) is 9.47. The standard InChI is InChI=1S/C28H30N8O/c1-17(2)35-25(37)21-14-32-26(33-19-5-6-22-18(11-19)13-30-16-28(22)8-9-28)34-24(21)36(35)20-7-10-31-23(12-20)27(3,4)15-29/h5-7,10-12,14,17,30H,8-9,13,16H2,1-4H3,(H,32,33,34). The van der Waals surface area contributed by atoms with E-state index in [-0.39, 0.29) is 11.6 Å². The molecule has 2 N–H and O–H groups in total. The van der Waals surface area contributed by atoms with Gasteiger partial charge in [-0.3, -0.25) is 9.78 Å². The van der Waals surface area contributed by atoms with Crippen LogP contribution in [0.3, 0.4) is 0 Å². The van der Waals surface area contributed by atoms with Crippen LogP contribution in [0.4, 0.5) is 11.6 Å². The second-order valence-electron chi connectivity index (χ2n) is 11.0. The number of hydrogen-bond donors (Lipinski definition) is 2. The van der Waals surface area contributed by atoms with Gasteiger partial charge >= 0.3 is 0 Å². The lowest BCUT2D eigenvalue weighted by Crippen LogP contribution is -2.33. The van der Waals surface area contributed by atoms with Crippen LogP contribution >= 0.6 is 0 Å². The highest BCUT2D eigenvalue weighted by atomic mass is 16.1. The van der Waals surface area contributed by atoms with Crippen molar-refractivity contribution in [3.63, 3.8) is 0 Å². The van der Waals surface area contributed by atoms with Crippen molar-refractivity contribution >= 4 is 22.7 Å². The molecule has 1 aliphatic heterocycles. The third kappa shape index (κ3) is 3.80. The van der Waals surface area contributed by atoms with Gasteiger partial charge in [0, 0.05) is 42.6 Å². The predicted octanol–water partition coefficient (Wildman–Crippen LogP) is 4.24. The predicted molar refractivity (Wildman–Crippen MR) is 142 cm³/mol. The van der Waals surface area contributed by atoms with Gasteiger partial charge in [-0.1, -0.05) is 6.07 Å². The molecule has 0 amide bonds. The summed E-state index contributed by atoms with van der Waals surface area (Å²) < 4.78 is 3.47. The van der Waals surface area contributed by atoms with Crippen molar-refractivity contribution in [1.82, 2.24) is 29.6 Å². The van der Waals surface area contributed by atoms with Gasteiger partial charge in [-0.05, 0) is 75.9 Å². The SMILES string of the molecule is CC(C)n1c(=O)c2cnc(Nc3ccc4c(c3)CNCC43CC3)nc2n1-c1ccnc(C(C)(C)C#N)c1. The Morgan fingerprint density at radius 3 is 2.73 bits per heavy atom. The van der Waals surface area contributed by atoms with Gasteiger partial charge in [0.05, 0.1) is 22.9 Å². The summed E-state index contributed by atoms with van der Waals surface area (Å²) in [5.74, 6) is 0.415. The summed E-state index contributed by atoms with van der Waals surface area (Å²) in [5.41, 5.74) is 4.89. The first-order valence-corrected chi connectivity index (χ1v) is 12.7. The fraction of sp³-hybridized carbons (Fsp3) is 0.393. The Hall–Kier alpha value is -4.03. The molecule has 0 saturated heterocycles. The van der Waals surface area contributed by atoms with Crippen molar-refractivity contribution in [2.75, 3.05) is 11.9 Å². The average Bonchev–Trinajstić information content (AvgIpc) is 3.59. The largest absolute Gasteiger partial charge is 0.324 e. The molecule has 1 spiro atoms. The minimum absolute atomic E-state index is 0.124. The summed E-state index contributed by atoms with van der Waals surface area (Å²) in [7, 11) is 0. The Balaban J connectivity index is 1.44. The van der Waals surface area contributed by atoms with E-state index in [2.05, 4.69) is 44.9 Å². The van der Waals surface area contributed by atoms with Gasteiger partial charge in [0.15, 0.2) is 5.65 Å². The maximum absolute atomic E-state index is 13.4. The molecule has 1 fully saturated rings. The number of nitrogens with zero attached hydrogens (tertiary/aromatic N) is 6. The topological polar surface area (TPSA) is 113 Å². The van der Waals surface area contributed by atoms with Crippen LogP contribution in [0.15, 0.2) is 47.5 Å². The second kappa shape index (κ2) is 8.25. The second-order valence-corrected chi connectivity index (χ2v) is 11.0. The lowest BCUT2D eigenvalue weighted by atomic mass is 9.88. The number of anilines is 2. The van der Waals surface area contributed by atoms with E-state index in [1.807, 2.05) is 44.5 Å². The number of hydrogen-bond acceptors (Lipinski definition) is 7. The average molecular weight is 495 g/mol. The van der Waals surface area contributed by atoms with E-state index in [0.29, 0.717) is 33.8 Å². The normalized spacial score (nSPS) is 16.1. The zero-order valence-electron chi connectivity index (χ0n) is 21.5. The maximum Gasteiger partial charge on any atom is 0.278 e. The molecule has 1 aliphatic carbocycles. The van der Waals surface area contributed by atoms with Gasteiger partial charge in [0.25, 0.3) is 5.56 Å². The molecule has 3 aromatic heterocycles. The molecule has 4 aromatic rings. The van der Waals surface area contributed by atoms with Crippen LogP contribution in [0, 0.1) is 11.3 Å². The fourth-order valence-electron chi connectivity index (χ4n) is 5.32. The summed E-state index contributed by atoms with van der Waals surface area (Å²) in [6, 6.07) is 12.3. The zero-order valence-corrected chi connectivity index (χ0v) is 21.5. The molecule has 2 aliphatic rings. The molecule has 0 bridgehead atoms. The summed E-state index contributed by atoms with van der Waals surface area (Å²) in [4.78, 5) is 27.1. The summed E-state index contributed by atoms with van der Waals surface area (Å²) in [5, 5.41) is 17.0. The molecule has 1 saturated carbocycles. The molecule has 6 rings (SSSR count). The van der Waals surface area contributed by atoms with E-state index in [0.717, 1.165) is 18.8 Å². The van der Waals surface area contributed by atoms with Crippen molar-refractivity contribution in [3.8, 4) is 11.8 Å². The molecule has 0 radical (unpaired) electrons. The third-order valence-electron chi connectivity index (χ3n) is 7.59. The number of pyridine rings is 1. The van der Waals surface area contributed by atoms with Crippen molar-refractivity contribution in [1.29, 1.82) is 5.26 Å². The van der Waals surface area contributed by atoms with Crippen molar-refractivity contribution in [2.45, 2.75) is 64.0 Å². The number of nitrogens with one attached hydrogen (secondary N) is 2. The minimum Gasteiger partial charge on any atom is -0.324 e. The van der Waals surface area contributed by atoms with Crippen LogP contribution in [0.5, 0.6) is 0 Å². The number of fused-ring (bicyclic) bond motifs is 3. The van der Waals surface area contributed by atoms with Gasteiger partial charge in [-0.2, -0.15) is 10.2 Å². The molecular formula is C28H30N8O. The third-order valence-corrected chi connectivity index (χ3v) is 7.59. The van der Waals surface area contributed by atoms with E-state index < -0.39 is 5.41 Å². The summed E-state index contributed by atoms with van der Waals surface area (Å²) >= 11 is 0. The number of nitriles is 1. The van der Waals surface area contributed by atoms with Crippen LogP contribution in [0.1, 0.15) is 63.4 Å². The quantitative estimate of drug-likeness (QED) is 0.427. The maximum atomic E-state index is 13.4. The van der Waals surface area contributed by atoms with E-state index >= 15 is 0 Å². The van der Waals surface area contributed by atoms with E-state index in [9.17, 15) is 10.1 Å². The first kappa shape index (κ1) is 23.4. The molecule has 9 heteroatoms. The number of aromatic nitrogens is 5. The fourth-order valence-corrected chi connectivity index (χ4v) is 5.32. The van der Waals surface area contributed by atoms with E-state index in [1.165, 1.54) is 24.0 Å². The van der Waals surface area contributed by atoms with Gasteiger partial charge < -0.3 is 10.6 Å². The van der Waals surface area contributed by atoms with Crippen molar-refractivity contribution in [3.05, 3.63) is 69.9 Å². The van der Waals surface area contributed by atoms with Crippen LogP contribution in [0.2, 0.25) is 0 Å². The first-order valence-electron chi connectivity index (χ1n) is 12.7. The van der Waals surface area contributed by atoms with Crippen LogP contribution in [-0.2, 0) is 17.4 Å². The highest BCUT2D eigenvalue weighted by Crippen LogP contribution is 2.50. The molecule has 1 aromatic carbocycles.